The molecule has 0 N–H and O–H groups in total. The highest BCUT2D eigenvalue weighted by Crippen LogP contribution is 2.31. The molecule has 0 bridgehead atoms. The first kappa shape index (κ1) is 15.1. The number of likely N-dealkylation sites (N-methyl/N-ethyl adjacent to an activating group) is 1. The van der Waals surface area contributed by atoms with E-state index >= 15 is 0 Å². The van der Waals surface area contributed by atoms with Crippen molar-refractivity contribution in [3.8, 4) is 5.69 Å². The summed E-state index contributed by atoms with van der Waals surface area (Å²) in [6, 6.07) is 12.0. The molecular weight excluding hydrogens is 362 g/mol. The molecule has 6 heteroatoms. The number of carbonyl (C=O) groups excluding carboxylic acids is 1. The number of hydrogen-bond acceptors (Lipinski definition) is 3. The average Bonchev–Trinajstić information content (AvgIpc) is 3.08. The van der Waals surface area contributed by atoms with Crippen LogP contribution in [0.25, 0.3) is 11.8 Å². The molecule has 1 aliphatic heterocycles. The van der Waals surface area contributed by atoms with Crippen molar-refractivity contribution in [2.24, 2.45) is 4.99 Å². The maximum Gasteiger partial charge on any atom is 0.266 e. The van der Waals surface area contributed by atoms with Crippen molar-refractivity contribution in [3.05, 3.63) is 57.7 Å². The molecule has 2 heterocycles. The number of nitrogens with zero attached hydrogens (tertiary/aromatic N) is 3. The van der Waals surface area contributed by atoms with E-state index in [0.717, 1.165) is 21.0 Å². The summed E-state index contributed by atoms with van der Waals surface area (Å²) in [6.45, 7) is 0. The van der Waals surface area contributed by atoms with Crippen LogP contribution in [0.2, 0.25) is 0 Å². The Labute approximate surface area is 141 Å². The highest BCUT2D eigenvalue weighted by Gasteiger charge is 2.29. The second-order valence-corrected chi connectivity index (χ2v) is 6.69. The van der Waals surface area contributed by atoms with Gasteiger partial charge in [-0.15, -0.1) is 0 Å². The van der Waals surface area contributed by atoms with E-state index in [1.165, 1.54) is 11.8 Å². The SMILES string of the molecule is CN=C1S/C(=C\c2cccn2-c2ccc(Br)cc2)C(=O)N1C. The molecule has 0 unspecified atom stereocenters. The highest BCUT2D eigenvalue weighted by molar-refractivity contribution is 9.10. The molecule has 0 atom stereocenters. The van der Waals surface area contributed by atoms with Crippen molar-refractivity contribution in [1.29, 1.82) is 0 Å². The Morgan fingerprint density at radius 3 is 2.59 bits per heavy atom. The maximum absolute atomic E-state index is 12.2. The molecule has 1 fully saturated rings. The predicted octanol–water partition coefficient (Wildman–Crippen LogP) is 3.77. The van der Waals surface area contributed by atoms with Crippen LogP contribution in [0, 0.1) is 0 Å². The van der Waals surface area contributed by atoms with E-state index in [9.17, 15) is 4.79 Å². The molecule has 1 aliphatic rings. The summed E-state index contributed by atoms with van der Waals surface area (Å²) < 4.78 is 3.09. The number of rotatable bonds is 2. The lowest BCUT2D eigenvalue weighted by Crippen LogP contribution is -2.23. The summed E-state index contributed by atoms with van der Waals surface area (Å²) >= 11 is 4.84. The monoisotopic (exact) mass is 375 g/mol. The van der Waals surface area contributed by atoms with Crippen molar-refractivity contribution in [2.75, 3.05) is 14.1 Å². The molecule has 2 aromatic rings. The number of hydrogen-bond donors (Lipinski definition) is 0. The fourth-order valence-corrected chi connectivity index (χ4v) is 3.41. The van der Waals surface area contributed by atoms with Gasteiger partial charge >= 0.3 is 0 Å². The minimum absolute atomic E-state index is 0.0193. The standard InChI is InChI=1S/C16H14BrN3OS/c1-18-16-19(2)15(21)14(22-16)10-13-4-3-9-20(13)12-7-5-11(17)6-8-12/h3-10H,1-2H3/b14-10-,18-16?. The van der Waals surface area contributed by atoms with E-state index in [1.807, 2.05) is 53.2 Å². The van der Waals surface area contributed by atoms with Crippen LogP contribution in [0.15, 0.2) is 57.0 Å². The van der Waals surface area contributed by atoms with Crippen molar-refractivity contribution < 1.29 is 4.79 Å². The predicted molar refractivity (Wildman–Crippen MR) is 95.2 cm³/mol. The third kappa shape index (κ3) is 2.76. The number of aliphatic imine (C=N–C) groups is 1. The van der Waals surface area contributed by atoms with Gasteiger partial charge in [-0.2, -0.15) is 0 Å². The minimum Gasteiger partial charge on any atom is -0.317 e. The number of halogens is 1. The smallest absolute Gasteiger partial charge is 0.266 e. The molecule has 0 spiro atoms. The molecule has 3 rings (SSSR count). The second kappa shape index (κ2) is 6.14. The van der Waals surface area contributed by atoms with Gasteiger partial charge in [0.1, 0.15) is 0 Å². The van der Waals surface area contributed by atoms with Gasteiger partial charge in [-0.1, -0.05) is 15.9 Å². The Kier molecular flexibility index (Phi) is 4.22. The summed E-state index contributed by atoms with van der Waals surface area (Å²) in [5.74, 6) is -0.0193. The lowest BCUT2D eigenvalue weighted by molar-refractivity contribution is -0.121. The van der Waals surface area contributed by atoms with Crippen LogP contribution < -0.4 is 0 Å². The third-order valence-corrected chi connectivity index (χ3v) is 5.04. The Bertz CT molecular complexity index is 777. The fourth-order valence-electron chi connectivity index (χ4n) is 2.23. The molecule has 1 aromatic carbocycles. The average molecular weight is 376 g/mol. The van der Waals surface area contributed by atoms with Gasteiger partial charge < -0.3 is 4.57 Å². The Hall–Kier alpha value is -1.79. The van der Waals surface area contributed by atoms with Crippen molar-refractivity contribution in [2.45, 2.75) is 0 Å². The third-order valence-electron chi connectivity index (χ3n) is 3.36. The molecule has 0 aliphatic carbocycles. The summed E-state index contributed by atoms with van der Waals surface area (Å²) in [4.78, 5) is 18.6. The maximum atomic E-state index is 12.2. The van der Waals surface area contributed by atoms with E-state index in [-0.39, 0.29) is 5.91 Å². The first-order valence-electron chi connectivity index (χ1n) is 6.68. The Balaban J connectivity index is 1.98. The Morgan fingerprint density at radius 2 is 1.95 bits per heavy atom. The van der Waals surface area contributed by atoms with Gasteiger partial charge in [0, 0.05) is 36.1 Å². The topological polar surface area (TPSA) is 37.6 Å². The second-order valence-electron chi connectivity index (χ2n) is 4.76. The van der Waals surface area contributed by atoms with Crippen LogP contribution in [0.3, 0.4) is 0 Å². The molecule has 4 nitrogen and oxygen atoms in total. The largest absolute Gasteiger partial charge is 0.317 e. The van der Waals surface area contributed by atoms with Crippen molar-refractivity contribution in [1.82, 2.24) is 9.47 Å². The van der Waals surface area contributed by atoms with Gasteiger partial charge in [0.05, 0.1) is 4.91 Å². The molecule has 1 saturated heterocycles. The Morgan fingerprint density at radius 1 is 1.23 bits per heavy atom. The fraction of sp³-hybridized carbons (Fsp3) is 0.125. The van der Waals surface area contributed by atoms with Gasteiger partial charge in [0.15, 0.2) is 5.17 Å². The molecule has 112 valence electrons. The van der Waals surface area contributed by atoms with E-state index in [0.29, 0.717) is 4.91 Å². The quantitative estimate of drug-likeness (QED) is 0.749. The lowest BCUT2D eigenvalue weighted by atomic mass is 10.3. The zero-order valence-corrected chi connectivity index (χ0v) is 14.6. The van der Waals surface area contributed by atoms with E-state index in [1.54, 1.807) is 19.0 Å². The van der Waals surface area contributed by atoms with Gasteiger partial charge in [-0.25, -0.2) is 0 Å². The summed E-state index contributed by atoms with van der Waals surface area (Å²) in [7, 11) is 3.44. The number of amidine groups is 1. The van der Waals surface area contributed by atoms with Gasteiger partial charge in [-0.3, -0.25) is 14.7 Å². The molecule has 1 aromatic heterocycles. The van der Waals surface area contributed by atoms with Crippen LogP contribution in [0.1, 0.15) is 5.69 Å². The summed E-state index contributed by atoms with van der Waals surface area (Å²) in [5, 5.41) is 0.720. The number of benzene rings is 1. The summed E-state index contributed by atoms with van der Waals surface area (Å²) in [5.41, 5.74) is 2.01. The number of carbonyl (C=O) groups is 1. The zero-order chi connectivity index (χ0) is 15.7. The van der Waals surface area contributed by atoms with Crippen LogP contribution in [0.4, 0.5) is 0 Å². The normalized spacial score (nSPS) is 18.7. The highest BCUT2D eigenvalue weighted by atomic mass is 79.9. The van der Waals surface area contributed by atoms with Crippen LogP contribution >= 0.6 is 27.7 Å². The van der Waals surface area contributed by atoms with Crippen LogP contribution in [0.5, 0.6) is 0 Å². The lowest BCUT2D eigenvalue weighted by Gasteiger charge is -2.07. The number of amides is 1. The van der Waals surface area contributed by atoms with E-state index in [2.05, 4.69) is 20.9 Å². The van der Waals surface area contributed by atoms with E-state index < -0.39 is 0 Å². The molecular formula is C16H14BrN3OS. The van der Waals surface area contributed by atoms with Crippen LogP contribution in [-0.2, 0) is 4.79 Å². The van der Waals surface area contributed by atoms with Crippen LogP contribution in [-0.4, -0.2) is 34.6 Å². The summed E-state index contributed by atoms with van der Waals surface area (Å²) in [6.07, 6.45) is 3.89. The van der Waals surface area contributed by atoms with Gasteiger partial charge in [0.25, 0.3) is 5.91 Å². The first-order valence-corrected chi connectivity index (χ1v) is 8.29. The molecule has 1 amide bonds. The van der Waals surface area contributed by atoms with Crippen molar-refractivity contribution in [3.63, 3.8) is 0 Å². The minimum atomic E-state index is -0.0193. The number of thioether (sulfide) groups is 1. The molecule has 22 heavy (non-hydrogen) atoms. The van der Waals surface area contributed by atoms with E-state index in [4.69, 9.17) is 0 Å². The number of aromatic nitrogens is 1. The first-order chi connectivity index (χ1) is 10.6. The van der Waals surface area contributed by atoms with Gasteiger partial charge in [-0.05, 0) is 54.2 Å². The van der Waals surface area contributed by atoms with Gasteiger partial charge in [0.2, 0.25) is 0 Å². The van der Waals surface area contributed by atoms with Crippen molar-refractivity contribution >= 4 is 44.8 Å². The molecule has 0 saturated carbocycles. The molecule has 0 radical (unpaired) electrons. The zero-order valence-electron chi connectivity index (χ0n) is 12.2.